The SMILES string of the molecule is CCCN(CC(C)(C)Cc1ccc(OC)cc1)c1nc(Nc2ccccc2C(F)(F)F)n(C)n1. The van der Waals surface area contributed by atoms with Crippen molar-refractivity contribution in [1.82, 2.24) is 14.8 Å². The maximum Gasteiger partial charge on any atom is 0.418 e. The van der Waals surface area contributed by atoms with E-state index >= 15 is 0 Å². The lowest BCUT2D eigenvalue weighted by Gasteiger charge is -2.32. The Morgan fingerprint density at radius 2 is 1.74 bits per heavy atom. The second-order valence-corrected chi connectivity index (χ2v) is 9.14. The van der Waals surface area contributed by atoms with Gasteiger partial charge in [-0.05, 0) is 48.1 Å². The molecule has 0 saturated carbocycles. The van der Waals surface area contributed by atoms with Gasteiger partial charge in [-0.1, -0.05) is 45.0 Å². The standard InChI is InChI=1S/C25H32F3N5O/c1-6-15-33(17-24(2,3)16-18-11-13-19(34-5)14-12-18)23-30-22(32(4)31-23)29-21-10-8-7-9-20(21)25(26,27)28/h7-14H,6,15-17H2,1-5H3,(H,29,30,31). The summed E-state index contributed by atoms with van der Waals surface area (Å²) in [4.78, 5) is 6.63. The average molecular weight is 476 g/mol. The third kappa shape index (κ3) is 6.42. The fraction of sp³-hybridized carbons (Fsp3) is 0.440. The lowest BCUT2D eigenvalue weighted by atomic mass is 9.85. The van der Waals surface area contributed by atoms with Gasteiger partial charge < -0.3 is 15.0 Å². The van der Waals surface area contributed by atoms with E-state index in [2.05, 4.69) is 53.2 Å². The number of hydrogen-bond acceptors (Lipinski definition) is 5. The number of alkyl halides is 3. The first-order valence-corrected chi connectivity index (χ1v) is 11.2. The largest absolute Gasteiger partial charge is 0.497 e. The number of ether oxygens (including phenoxy) is 1. The van der Waals surface area contributed by atoms with E-state index in [0.29, 0.717) is 12.5 Å². The molecule has 0 unspecified atom stereocenters. The van der Waals surface area contributed by atoms with Crippen LogP contribution >= 0.6 is 0 Å². The molecule has 1 heterocycles. The van der Waals surface area contributed by atoms with Crippen LogP contribution in [0.5, 0.6) is 5.75 Å². The molecule has 0 saturated heterocycles. The van der Waals surface area contributed by atoms with Crippen LogP contribution in [-0.4, -0.2) is 35.0 Å². The van der Waals surface area contributed by atoms with Crippen LogP contribution in [0, 0.1) is 5.41 Å². The maximum absolute atomic E-state index is 13.4. The van der Waals surface area contributed by atoms with Crippen molar-refractivity contribution >= 4 is 17.6 Å². The smallest absolute Gasteiger partial charge is 0.418 e. The van der Waals surface area contributed by atoms with Crippen molar-refractivity contribution in [3.05, 3.63) is 59.7 Å². The Kier molecular flexibility index (Phi) is 7.74. The summed E-state index contributed by atoms with van der Waals surface area (Å²) < 4.78 is 46.9. The summed E-state index contributed by atoms with van der Waals surface area (Å²) in [6.07, 6.45) is -2.74. The number of aryl methyl sites for hydroxylation is 1. The topological polar surface area (TPSA) is 55.2 Å². The summed E-state index contributed by atoms with van der Waals surface area (Å²) in [5, 5.41) is 7.31. The number of rotatable bonds is 10. The third-order valence-corrected chi connectivity index (χ3v) is 5.47. The number of nitrogens with one attached hydrogen (secondary N) is 1. The van der Waals surface area contributed by atoms with E-state index in [1.807, 2.05) is 12.1 Å². The molecular formula is C25H32F3N5O. The number of nitrogens with zero attached hydrogens (tertiary/aromatic N) is 4. The Labute approximate surface area is 198 Å². The second kappa shape index (κ2) is 10.4. The van der Waals surface area contributed by atoms with Gasteiger partial charge in [-0.2, -0.15) is 18.2 Å². The van der Waals surface area contributed by atoms with Crippen LogP contribution in [0.25, 0.3) is 0 Å². The predicted molar refractivity (Wildman–Crippen MR) is 129 cm³/mol. The summed E-state index contributed by atoms with van der Waals surface area (Å²) >= 11 is 0. The molecule has 9 heteroatoms. The second-order valence-electron chi connectivity index (χ2n) is 9.14. The summed E-state index contributed by atoms with van der Waals surface area (Å²) in [6.45, 7) is 7.86. The molecule has 3 aromatic rings. The first-order valence-electron chi connectivity index (χ1n) is 11.2. The van der Waals surface area contributed by atoms with E-state index in [4.69, 9.17) is 4.74 Å². The molecule has 0 radical (unpaired) electrons. The first-order chi connectivity index (χ1) is 16.0. The molecule has 6 nitrogen and oxygen atoms in total. The van der Waals surface area contributed by atoms with Crippen molar-refractivity contribution in [1.29, 1.82) is 0 Å². The molecule has 1 N–H and O–H groups in total. The fourth-order valence-electron chi connectivity index (χ4n) is 3.96. The lowest BCUT2D eigenvalue weighted by molar-refractivity contribution is -0.136. The van der Waals surface area contributed by atoms with Crippen LogP contribution in [0.3, 0.4) is 0 Å². The Morgan fingerprint density at radius 1 is 1.06 bits per heavy atom. The number of para-hydroxylation sites is 1. The van der Waals surface area contributed by atoms with Crippen LogP contribution in [0.2, 0.25) is 0 Å². The number of methoxy groups -OCH3 is 1. The molecule has 2 aromatic carbocycles. The number of anilines is 3. The van der Waals surface area contributed by atoms with Crippen LogP contribution in [-0.2, 0) is 19.6 Å². The fourth-order valence-corrected chi connectivity index (χ4v) is 3.96. The van der Waals surface area contributed by atoms with E-state index in [-0.39, 0.29) is 17.1 Å². The molecule has 0 atom stereocenters. The minimum Gasteiger partial charge on any atom is -0.497 e. The normalized spacial score (nSPS) is 12.0. The van der Waals surface area contributed by atoms with Gasteiger partial charge in [0, 0.05) is 20.1 Å². The molecule has 3 rings (SSSR count). The van der Waals surface area contributed by atoms with E-state index in [1.165, 1.54) is 22.4 Å². The van der Waals surface area contributed by atoms with Crippen LogP contribution < -0.4 is 15.0 Å². The predicted octanol–water partition coefficient (Wildman–Crippen LogP) is 6.07. The van der Waals surface area contributed by atoms with Crippen molar-refractivity contribution in [2.24, 2.45) is 12.5 Å². The molecule has 0 aliphatic rings. The van der Waals surface area contributed by atoms with Crippen molar-refractivity contribution in [2.45, 2.75) is 39.8 Å². The van der Waals surface area contributed by atoms with Crippen LogP contribution in [0.1, 0.15) is 38.3 Å². The monoisotopic (exact) mass is 475 g/mol. The molecule has 0 aliphatic carbocycles. The van der Waals surface area contributed by atoms with E-state index in [9.17, 15) is 13.2 Å². The first kappa shape index (κ1) is 25.4. The number of benzene rings is 2. The van der Waals surface area contributed by atoms with Crippen LogP contribution in [0.15, 0.2) is 48.5 Å². The molecule has 0 fully saturated rings. The molecule has 34 heavy (non-hydrogen) atoms. The molecule has 184 valence electrons. The maximum atomic E-state index is 13.4. The summed E-state index contributed by atoms with van der Waals surface area (Å²) in [6, 6.07) is 13.4. The number of halogens is 3. The van der Waals surface area contributed by atoms with E-state index < -0.39 is 11.7 Å². The van der Waals surface area contributed by atoms with Gasteiger partial charge in [-0.3, -0.25) is 0 Å². The van der Waals surface area contributed by atoms with Gasteiger partial charge in [0.15, 0.2) is 0 Å². The van der Waals surface area contributed by atoms with Gasteiger partial charge in [-0.25, -0.2) is 4.68 Å². The third-order valence-electron chi connectivity index (χ3n) is 5.47. The van der Waals surface area contributed by atoms with Crippen LogP contribution in [0.4, 0.5) is 30.8 Å². The zero-order chi connectivity index (χ0) is 24.9. The quantitative estimate of drug-likeness (QED) is 0.386. The highest BCUT2D eigenvalue weighted by molar-refractivity contribution is 5.60. The summed E-state index contributed by atoms with van der Waals surface area (Å²) in [7, 11) is 3.31. The molecule has 0 aliphatic heterocycles. The average Bonchev–Trinajstić information content (AvgIpc) is 3.13. The van der Waals surface area contributed by atoms with Crippen molar-refractivity contribution in [3.63, 3.8) is 0 Å². The van der Waals surface area contributed by atoms with Gasteiger partial charge in [-0.15, -0.1) is 5.10 Å². The van der Waals surface area contributed by atoms with E-state index in [1.54, 1.807) is 20.2 Å². The van der Waals surface area contributed by atoms with E-state index in [0.717, 1.165) is 31.2 Å². The Hall–Kier alpha value is -3.23. The zero-order valence-corrected chi connectivity index (χ0v) is 20.3. The molecular weight excluding hydrogens is 443 g/mol. The summed E-state index contributed by atoms with van der Waals surface area (Å²) in [5.74, 6) is 1.55. The van der Waals surface area contributed by atoms with Crippen molar-refractivity contribution < 1.29 is 17.9 Å². The number of hydrogen-bond donors (Lipinski definition) is 1. The van der Waals surface area contributed by atoms with Gasteiger partial charge in [0.1, 0.15) is 5.75 Å². The van der Waals surface area contributed by atoms with Gasteiger partial charge in [0.2, 0.25) is 11.9 Å². The molecule has 0 spiro atoms. The van der Waals surface area contributed by atoms with Gasteiger partial charge >= 0.3 is 6.18 Å². The minimum absolute atomic E-state index is 0.0565. The van der Waals surface area contributed by atoms with Gasteiger partial charge in [0.05, 0.1) is 18.4 Å². The van der Waals surface area contributed by atoms with Gasteiger partial charge in [0.25, 0.3) is 0 Å². The highest BCUT2D eigenvalue weighted by atomic mass is 19.4. The van der Waals surface area contributed by atoms with Crippen molar-refractivity contribution in [3.8, 4) is 5.75 Å². The molecule has 0 bridgehead atoms. The minimum atomic E-state index is -4.47. The Bertz CT molecular complexity index is 1080. The Balaban J connectivity index is 1.79. The Morgan fingerprint density at radius 3 is 2.35 bits per heavy atom. The molecule has 1 aromatic heterocycles. The number of aromatic nitrogens is 3. The highest BCUT2D eigenvalue weighted by Crippen LogP contribution is 2.36. The molecule has 0 amide bonds. The lowest BCUT2D eigenvalue weighted by Crippen LogP contribution is -2.37. The van der Waals surface area contributed by atoms with Crippen molar-refractivity contribution in [2.75, 3.05) is 30.4 Å². The highest BCUT2D eigenvalue weighted by Gasteiger charge is 2.33. The summed E-state index contributed by atoms with van der Waals surface area (Å²) in [5.41, 5.74) is 0.297. The zero-order valence-electron chi connectivity index (χ0n) is 20.3.